The maximum Gasteiger partial charge on any atom is 0.290 e. The van der Waals surface area contributed by atoms with Crippen LogP contribution < -0.4 is 0 Å². The van der Waals surface area contributed by atoms with Gasteiger partial charge in [0.25, 0.3) is 5.91 Å². The van der Waals surface area contributed by atoms with Gasteiger partial charge in [0, 0.05) is 19.0 Å². The highest BCUT2D eigenvalue weighted by Crippen LogP contribution is 2.29. The average molecular weight is 195 g/mol. The second kappa shape index (κ2) is 3.71. The number of rotatable bonds is 1. The van der Waals surface area contributed by atoms with Crippen LogP contribution in [-0.4, -0.2) is 29.2 Å². The summed E-state index contributed by atoms with van der Waals surface area (Å²) in [6.45, 7) is 2.89. The molecule has 2 atom stereocenters. The Bertz CT molecular complexity index is 262. The van der Waals surface area contributed by atoms with E-state index in [1.807, 2.05) is 0 Å². The summed E-state index contributed by atoms with van der Waals surface area (Å²) in [7, 11) is 0. The largest absolute Gasteiger partial charge is 0.333 e. The van der Waals surface area contributed by atoms with Gasteiger partial charge in [0.2, 0.25) is 5.78 Å². The lowest BCUT2D eigenvalue weighted by atomic mass is 9.86. The molecule has 1 amide bonds. The molecular formula is C11H17NO2. The molecule has 0 aromatic heterocycles. The summed E-state index contributed by atoms with van der Waals surface area (Å²) in [5.41, 5.74) is 0. The summed E-state index contributed by atoms with van der Waals surface area (Å²) in [4.78, 5) is 24.4. The summed E-state index contributed by atoms with van der Waals surface area (Å²) in [5, 5.41) is 0. The summed E-state index contributed by atoms with van der Waals surface area (Å²) in [6, 6.07) is 0.345. The van der Waals surface area contributed by atoms with E-state index >= 15 is 0 Å². The number of hydrogen-bond donors (Lipinski definition) is 0. The fourth-order valence-electron chi connectivity index (χ4n) is 2.62. The second-order valence-corrected chi connectivity index (χ2v) is 4.60. The smallest absolute Gasteiger partial charge is 0.290 e. The van der Waals surface area contributed by atoms with Crippen molar-refractivity contribution < 1.29 is 9.59 Å². The van der Waals surface area contributed by atoms with E-state index in [1.165, 1.54) is 12.8 Å². The molecule has 1 saturated carbocycles. The summed E-state index contributed by atoms with van der Waals surface area (Å²) in [5.74, 6) is 0.282. The highest BCUT2D eigenvalue weighted by Gasteiger charge is 2.35. The lowest BCUT2D eigenvalue weighted by Gasteiger charge is -2.33. The molecule has 1 aliphatic carbocycles. The Kier molecular flexibility index (Phi) is 2.57. The number of amides is 1. The molecule has 2 aliphatic rings. The molecule has 0 N–H and O–H groups in total. The third-order valence-corrected chi connectivity index (χ3v) is 3.43. The maximum atomic E-state index is 11.5. The second-order valence-electron chi connectivity index (χ2n) is 4.60. The zero-order valence-electron chi connectivity index (χ0n) is 8.66. The maximum absolute atomic E-state index is 11.5. The molecule has 0 aromatic carbocycles. The number of carbonyl (C=O) groups is 2. The summed E-state index contributed by atoms with van der Waals surface area (Å²) in [6.07, 6.45) is 5.07. The van der Waals surface area contributed by atoms with E-state index in [1.54, 1.807) is 4.90 Å². The van der Waals surface area contributed by atoms with Crippen molar-refractivity contribution in [3.63, 3.8) is 0 Å². The first-order valence-electron chi connectivity index (χ1n) is 5.52. The third kappa shape index (κ3) is 1.68. The summed E-state index contributed by atoms with van der Waals surface area (Å²) >= 11 is 0. The molecule has 0 radical (unpaired) electrons. The van der Waals surface area contributed by atoms with Crippen LogP contribution in [0.3, 0.4) is 0 Å². The molecular weight excluding hydrogens is 178 g/mol. The van der Waals surface area contributed by atoms with Crippen molar-refractivity contribution in [2.45, 2.75) is 45.1 Å². The van der Waals surface area contributed by atoms with E-state index < -0.39 is 0 Å². The van der Waals surface area contributed by atoms with Gasteiger partial charge in [0.15, 0.2) is 0 Å². The number of carbonyl (C=O) groups excluding carboxylic acids is 2. The van der Waals surface area contributed by atoms with Crippen LogP contribution in [0.5, 0.6) is 0 Å². The van der Waals surface area contributed by atoms with E-state index in [-0.39, 0.29) is 11.7 Å². The topological polar surface area (TPSA) is 37.4 Å². The molecule has 3 nitrogen and oxygen atoms in total. The molecule has 1 heterocycles. The lowest BCUT2D eigenvalue weighted by molar-refractivity contribution is -0.141. The van der Waals surface area contributed by atoms with Gasteiger partial charge in [-0.15, -0.1) is 0 Å². The number of hydrogen-bond acceptors (Lipinski definition) is 2. The molecule has 1 saturated heterocycles. The van der Waals surface area contributed by atoms with Gasteiger partial charge in [-0.25, -0.2) is 0 Å². The van der Waals surface area contributed by atoms with Crippen LogP contribution >= 0.6 is 0 Å². The minimum absolute atomic E-state index is 0.191. The molecule has 14 heavy (non-hydrogen) atoms. The van der Waals surface area contributed by atoms with Gasteiger partial charge in [0.1, 0.15) is 0 Å². The number of Topliss-reactive ketones (excluding diaryl/α,β-unsaturated/α-hetero) is 1. The van der Waals surface area contributed by atoms with Gasteiger partial charge in [-0.3, -0.25) is 9.59 Å². The van der Waals surface area contributed by atoms with Crippen molar-refractivity contribution >= 4 is 11.7 Å². The molecule has 3 heteroatoms. The van der Waals surface area contributed by atoms with E-state index in [9.17, 15) is 9.59 Å². The van der Waals surface area contributed by atoms with Crippen molar-refractivity contribution in [1.29, 1.82) is 0 Å². The standard InChI is InChI=1S/C11H17NO2/c1-8-3-2-4-9(7-8)12-6-5-10(13)11(12)14/h8-9H,2-7H2,1H3. The van der Waals surface area contributed by atoms with Crippen molar-refractivity contribution in [3.8, 4) is 0 Å². The molecule has 2 rings (SSSR count). The van der Waals surface area contributed by atoms with Gasteiger partial charge < -0.3 is 4.90 Å². The van der Waals surface area contributed by atoms with Crippen LogP contribution in [0.1, 0.15) is 39.0 Å². The van der Waals surface area contributed by atoms with Gasteiger partial charge in [-0.2, -0.15) is 0 Å². The molecule has 2 unspecified atom stereocenters. The highest BCUT2D eigenvalue weighted by atomic mass is 16.2. The minimum Gasteiger partial charge on any atom is -0.333 e. The first kappa shape index (κ1) is 9.69. The molecule has 78 valence electrons. The molecule has 0 spiro atoms. The summed E-state index contributed by atoms with van der Waals surface area (Å²) < 4.78 is 0. The fraction of sp³-hybridized carbons (Fsp3) is 0.818. The molecule has 1 aliphatic heterocycles. The quantitative estimate of drug-likeness (QED) is 0.592. The van der Waals surface area contributed by atoms with Gasteiger partial charge in [0.05, 0.1) is 0 Å². The van der Waals surface area contributed by atoms with Crippen molar-refractivity contribution in [2.24, 2.45) is 5.92 Å². The van der Waals surface area contributed by atoms with Crippen LogP contribution in [0.25, 0.3) is 0 Å². The first-order chi connectivity index (χ1) is 6.68. The minimum atomic E-state index is -0.232. The third-order valence-electron chi connectivity index (χ3n) is 3.43. The van der Waals surface area contributed by atoms with Crippen LogP contribution in [0.2, 0.25) is 0 Å². The Morgan fingerprint density at radius 1 is 1.29 bits per heavy atom. The molecule has 0 aromatic rings. The Morgan fingerprint density at radius 2 is 2.07 bits per heavy atom. The SMILES string of the molecule is CC1CCCC(N2CCC(=O)C2=O)C1. The normalized spacial score (nSPS) is 33.9. The Labute approximate surface area is 84.5 Å². The van der Waals surface area contributed by atoms with E-state index in [0.29, 0.717) is 24.9 Å². The predicted octanol–water partition coefficient (Wildman–Crippen LogP) is 1.37. The zero-order valence-corrected chi connectivity index (χ0v) is 8.66. The first-order valence-corrected chi connectivity index (χ1v) is 5.52. The number of likely N-dealkylation sites (tertiary alicyclic amines) is 1. The molecule has 0 bridgehead atoms. The Hall–Kier alpha value is -0.860. The monoisotopic (exact) mass is 195 g/mol. The Morgan fingerprint density at radius 3 is 2.64 bits per heavy atom. The fourth-order valence-corrected chi connectivity index (χ4v) is 2.62. The van der Waals surface area contributed by atoms with Crippen LogP contribution in [0.15, 0.2) is 0 Å². The van der Waals surface area contributed by atoms with Gasteiger partial charge >= 0.3 is 0 Å². The van der Waals surface area contributed by atoms with Crippen LogP contribution in [-0.2, 0) is 9.59 Å². The van der Waals surface area contributed by atoms with Crippen molar-refractivity contribution in [3.05, 3.63) is 0 Å². The number of nitrogens with zero attached hydrogens (tertiary/aromatic N) is 1. The number of ketones is 1. The van der Waals surface area contributed by atoms with Crippen molar-refractivity contribution in [2.75, 3.05) is 6.54 Å². The average Bonchev–Trinajstić information content (AvgIpc) is 2.48. The zero-order chi connectivity index (χ0) is 10.1. The van der Waals surface area contributed by atoms with Crippen molar-refractivity contribution in [1.82, 2.24) is 4.90 Å². The van der Waals surface area contributed by atoms with Gasteiger partial charge in [-0.05, 0) is 18.8 Å². The van der Waals surface area contributed by atoms with E-state index in [2.05, 4.69) is 6.92 Å². The lowest BCUT2D eigenvalue weighted by Crippen LogP contribution is -2.40. The Balaban J connectivity index is 2.01. The van der Waals surface area contributed by atoms with Crippen LogP contribution in [0, 0.1) is 5.92 Å². The van der Waals surface area contributed by atoms with E-state index in [0.717, 1.165) is 12.8 Å². The molecule has 2 fully saturated rings. The highest BCUT2D eigenvalue weighted by molar-refractivity contribution is 6.37. The predicted molar refractivity (Wildman–Crippen MR) is 52.8 cm³/mol. The van der Waals surface area contributed by atoms with E-state index in [4.69, 9.17) is 0 Å². The van der Waals surface area contributed by atoms with Gasteiger partial charge in [-0.1, -0.05) is 19.8 Å². The van der Waals surface area contributed by atoms with Crippen LogP contribution in [0.4, 0.5) is 0 Å².